The van der Waals surface area contributed by atoms with E-state index in [1.54, 1.807) is 6.26 Å². The molecule has 2 N–H and O–H groups in total. The molecule has 0 radical (unpaired) electrons. The summed E-state index contributed by atoms with van der Waals surface area (Å²) in [7, 11) is 0. The first-order valence-electron chi connectivity index (χ1n) is 6.20. The van der Waals surface area contributed by atoms with Crippen molar-refractivity contribution in [3.8, 4) is 0 Å². The van der Waals surface area contributed by atoms with Gasteiger partial charge < -0.3 is 10.2 Å². The van der Waals surface area contributed by atoms with Gasteiger partial charge in [0.1, 0.15) is 0 Å². The molecule has 1 aliphatic carbocycles. The number of hydrogen-bond acceptors (Lipinski definition) is 2. The van der Waals surface area contributed by atoms with Crippen LogP contribution in [0.2, 0.25) is 0 Å². The van der Waals surface area contributed by atoms with Crippen molar-refractivity contribution >= 4 is 15.9 Å². The fourth-order valence-corrected chi connectivity index (χ4v) is 3.33. The topological polar surface area (TPSA) is 39.2 Å². The van der Waals surface area contributed by atoms with Crippen LogP contribution in [0.15, 0.2) is 21.4 Å². The lowest BCUT2D eigenvalue weighted by Gasteiger charge is -2.32. The van der Waals surface area contributed by atoms with Gasteiger partial charge in [-0.05, 0) is 46.7 Å². The second kappa shape index (κ2) is 5.37. The minimum atomic E-state index is 0.127. The number of furan rings is 1. The normalized spacial score (nSPS) is 27.9. The zero-order valence-electron chi connectivity index (χ0n) is 9.79. The van der Waals surface area contributed by atoms with Crippen LogP contribution in [0.5, 0.6) is 0 Å². The molecule has 1 heterocycles. The number of halogens is 1. The second-order valence-electron chi connectivity index (χ2n) is 4.88. The third-order valence-electron chi connectivity index (χ3n) is 3.91. The monoisotopic (exact) mass is 285 g/mol. The van der Waals surface area contributed by atoms with Crippen LogP contribution in [0.4, 0.5) is 0 Å². The van der Waals surface area contributed by atoms with E-state index in [0.29, 0.717) is 5.92 Å². The van der Waals surface area contributed by atoms with Crippen molar-refractivity contribution in [2.75, 3.05) is 0 Å². The molecule has 1 aromatic rings. The van der Waals surface area contributed by atoms with Gasteiger partial charge in [-0.2, -0.15) is 0 Å². The van der Waals surface area contributed by atoms with Crippen LogP contribution in [0.3, 0.4) is 0 Å². The van der Waals surface area contributed by atoms with E-state index in [1.165, 1.54) is 32.1 Å². The molecule has 0 bridgehead atoms. The maximum Gasteiger partial charge on any atom is 0.173 e. The fourth-order valence-electron chi connectivity index (χ4n) is 2.83. The van der Waals surface area contributed by atoms with Crippen LogP contribution < -0.4 is 5.73 Å². The molecule has 2 nitrogen and oxygen atoms in total. The molecular weight excluding hydrogens is 266 g/mol. The molecule has 3 atom stereocenters. The van der Waals surface area contributed by atoms with Crippen molar-refractivity contribution in [3.05, 3.63) is 22.6 Å². The quantitative estimate of drug-likeness (QED) is 0.901. The first-order chi connectivity index (χ1) is 7.72. The summed E-state index contributed by atoms with van der Waals surface area (Å²) >= 11 is 3.42. The number of rotatable bonds is 3. The summed E-state index contributed by atoms with van der Waals surface area (Å²) in [6.45, 7) is 2.28. The highest BCUT2D eigenvalue weighted by molar-refractivity contribution is 9.10. The highest BCUT2D eigenvalue weighted by atomic mass is 79.9. The average molecular weight is 286 g/mol. The Morgan fingerprint density at radius 1 is 1.56 bits per heavy atom. The van der Waals surface area contributed by atoms with Gasteiger partial charge in [0.15, 0.2) is 4.67 Å². The molecule has 1 aliphatic rings. The van der Waals surface area contributed by atoms with E-state index >= 15 is 0 Å². The predicted octanol–water partition coefficient (Wildman–Crippen LogP) is 4.26. The molecule has 90 valence electrons. The summed E-state index contributed by atoms with van der Waals surface area (Å²) in [4.78, 5) is 0. The van der Waals surface area contributed by atoms with Crippen LogP contribution in [-0.2, 0) is 0 Å². The number of nitrogens with two attached hydrogens (primary N) is 1. The molecule has 16 heavy (non-hydrogen) atoms. The minimum Gasteiger partial charge on any atom is -0.457 e. The summed E-state index contributed by atoms with van der Waals surface area (Å²) in [6.07, 6.45) is 8.23. The smallest absolute Gasteiger partial charge is 0.173 e. The Hall–Kier alpha value is -0.280. The van der Waals surface area contributed by atoms with Gasteiger partial charge in [-0.15, -0.1) is 0 Å². The predicted molar refractivity (Wildman–Crippen MR) is 69.1 cm³/mol. The molecule has 3 unspecified atom stereocenters. The zero-order valence-corrected chi connectivity index (χ0v) is 11.4. The summed E-state index contributed by atoms with van der Waals surface area (Å²) in [5, 5.41) is 0. The molecule has 1 saturated carbocycles. The Bertz CT molecular complexity index is 336. The molecule has 1 fully saturated rings. The van der Waals surface area contributed by atoms with Crippen LogP contribution in [0.1, 0.15) is 50.6 Å². The standard InChI is InChI=1S/C13H20BrNO/c1-2-9-4-3-5-10(8-9)12(15)11-6-7-16-13(11)14/h6-7,9-10,12H,2-5,8,15H2,1H3. The summed E-state index contributed by atoms with van der Waals surface area (Å²) in [5.41, 5.74) is 7.47. The summed E-state index contributed by atoms with van der Waals surface area (Å²) < 4.78 is 6.07. The van der Waals surface area contributed by atoms with Crippen molar-refractivity contribution < 1.29 is 4.42 Å². The molecule has 0 spiro atoms. The molecule has 2 rings (SSSR count). The summed E-state index contributed by atoms with van der Waals surface area (Å²) in [6, 6.07) is 2.12. The van der Waals surface area contributed by atoms with Crippen molar-refractivity contribution in [1.29, 1.82) is 0 Å². The van der Waals surface area contributed by atoms with Crippen molar-refractivity contribution in [2.24, 2.45) is 17.6 Å². The molecule has 0 saturated heterocycles. The first kappa shape index (κ1) is 12.2. The minimum absolute atomic E-state index is 0.127. The van der Waals surface area contributed by atoms with Crippen LogP contribution in [0, 0.1) is 11.8 Å². The molecular formula is C13H20BrNO. The molecule has 0 aromatic carbocycles. The van der Waals surface area contributed by atoms with E-state index in [4.69, 9.17) is 10.2 Å². The van der Waals surface area contributed by atoms with Gasteiger partial charge in [0, 0.05) is 11.6 Å². The Balaban J connectivity index is 2.04. The van der Waals surface area contributed by atoms with E-state index in [-0.39, 0.29) is 6.04 Å². The van der Waals surface area contributed by atoms with E-state index in [9.17, 15) is 0 Å². The average Bonchev–Trinajstić information content (AvgIpc) is 2.74. The van der Waals surface area contributed by atoms with Gasteiger partial charge in [-0.3, -0.25) is 0 Å². The van der Waals surface area contributed by atoms with Gasteiger partial charge in [-0.1, -0.05) is 26.2 Å². The molecule has 1 aromatic heterocycles. The van der Waals surface area contributed by atoms with Crippen LogP contribution in [-0.4, -0.2) is 0 Å². The Kier molecular flexibility index (Phi) is 4.09. The lowest BCUT2D eigenvalue weighted by atomic mass is 9.76. The second-order valence-corrected chi connectivity index (χ2v) is 5.60. The van der Waals surface area contributed by atoms with E-state index in [1.807, 2.05) is 6.07 Å². The van der Waals surface area contributed by atoms with Crippen molar-refractivity contribution in [3.63, 3.8) is 0 Å². The maximum atomic E-state index is 6.34. The van der Waals surface area contributed by atoms with Gasteiger partial charge in [0.25, 0.3) is 0 Å². The van der Waals surface area contributed by atoms with Gasteiger partial charge in [0.2, 0.25) is 0 Å². The Morgan fingerprint density at radius 2 is 2.38 bits per heavy atom. The maximum absolute atomic E-state index is 6.34. The van der Waals surface area contributed by atoms with Gasteiger partial charge in [0.05, 0.1) is 6.26 Å². The SMILES string of the molecule is CCC1CCCC(C(N)c2ccoc2Br)C1. The largest absolute Gasteiger partial charge is 0.457 e. The number of hydrogen-bond donors (Lipinski definition) is 1. The van der Waals surface area contributed by atoms with Gasteiger partial charge >= 0.3 is 0 Å². The van der Waals surface area contributed by atoms with Gasteiger partial charge in [-0.25, -0.2) is 0 Å². The van der Waals surface area contributed by atoms with E-state index in [0.717, 1.165) is 16.2 Å². The van der Waals surface area contributed by atoms with Crippen LogP contribution in [0.25, 0.3) is 0 Å². The van der Waals surface area contributed by atoms with E-state index in [2.05, 4.69) is 22.9 Å². The highest BCUT2D eigenvalue weighted by Crippen LogP contribution is 2.39. The third-order valence-corrected chi connectivity index (χ3v) is 4.56. The lowest BCUT2D eigenvalue weighted by molar-refractivity contribution is 0.229. The van der Waals surface area contributed by atoms with Crippen LogP contribution >= 0.6 is 15.9 Å². The van der Waals surface area contributed by atoms with Crippen molar-refractivity contribution in [2.45, 2.75) is 45.1 Å². The van der Waals surface area contributed by atoms with E-state index < -0.39 is 0 Å². The first-order valence-corrected chi connectivity index (χ1v) is 7.00. The Morgan fingerprint density at radius 3 is 3.00 bits per heavy atom. The molecule has 0 aliphatic heterocycles. The molecule has 3 heteroatoms. The summed E-state index contributed by atoms with van der Waals surface area (Å²) in [5.74, 6) is 1.49. The lowest BCUT2D eigenvalue weighted by Crippen LogP contribution is -2.26. The zero-order chi connectivity index (χ0) is 11.5. The fraction of sp³-hybridized carbons (Fsp3) is 0.692. The highest BCUT2D eigenvalue weighted by Gasteiger charge is 2.28. The third kappa shape index (κ3) is 2.51. The Labute approximate surface area is 106 Å². The van der Waals surface area contributed by atoms with Crippen molar-refractivity contribution in [1.82, 2.24) is 0 Å². The molecule has 0 amide bonds.